The van der Waals surface area contributed by atoms with Crippen LogP contribution < -0.4 is 11.0 Å². The van der Waals surface area contributed by atoms with Crippen LogP contribution in [0.1, 0.15) is 19.3 Å². The number of carbonyl (C=O) groups excluding carboxylic acids is 1. The molecule has 2 aromatic rings. The van der Waals surface area contributed by atoms with Crippen molar-refractivity contribution in [3.05, 3.63) is 34.7 Å². The highest BCUT2D eigenvalue weighted by Crippen LogP contribution is 2.24. The molecule has 3 rings (SSSR count). The number of carbonyl (C=O) groups is 2. The SMILES string of the molecule is Cn1c(=O)n(CC(=O)NC2(CC(=O)O)CCOCC2)c2ccccc21. The van der Waals surface area contributed by atoms with E-state index in [1.807, 2.05) is 12.1 Å². The number of aliphatic carboxylic acids is 1. The fourth-order valence-electron chi connectivity index (χ4n) is 3.39. The lowest BCUT2D eigenvalue weighted by atomic mass is 9.86. The zero-order valence-electron chi connectivity index (χ0n) is 14.0. The van der Waals surface area contributed by atoms with Crippen molar-refractivity contribution in [3.63, 3.8) is 0 Å². The van der Waals surface area contributed by atoms with Gasteiger partial charge in [0, 0.05) is 20.3 Å². The molecule has 0 spiro atoms. The van der Waals surface area contributed by atoms with Crippen LogP contribution in [-0.2, 0) is 27.9 Å². The fourth-order valence-corrected chi connectivity index (χ4v) is 3.39. The van der Waals surface area contributed by atoms with Crippen LogP contribution in [0.15, 0.2) is 29.1 Å². The molecule has 0 saturated carbocycles. The van der Waals surface area contributed by atoms with E-state index in [0.717, 1.165) is 5.52 Å². The maximum atomic E-state index is 12.6. The van der Waals surface area contributed by atoms with E-state index in [2.05, 4.69) is 5.32 Å². The van der Waals surface area contributed by atoms with Gasteiger partial charge in [-0.3, -0.25) is 18.7 Å². The Morgan fingerprint density at radius 3 is 2.52 bits per heavy atom. The maximum Gasteiger partial charge on any atom is 0.329 e. The van der Waals surface area contributed by atoms with Crippen LogP contribution >= 0.6 is 0 Å². The van der Waals surface area contributed by atoms with Crippen LogP contribution in [0.5, 0.6) is 0 Å². The molecule has 8 nitrogen and oxygen atoms in total. The Kier molecular flexibility index (Phi) is 4.63. The molecule has 1 aliphatic rings. The Morgan fingerprint density at radius 1 is 1.24 bits per heavy atom. The van der Waals surface area contributed by atoms with E-state index < -0.39 is 11.5 Å². The van der Waals surface area contributed by atoms with Gasteiger partial charge in [0.2, 0.25) is 5.91 Å². The Bertz CT molecular complexity index is 861. The van der Waals surface area contributed by atoms with Crippen LogP contribution in [0, 0.1) is 0 Å². The molecule has 1 saturated heterocycles. The second-order valence-corrected chi connectivity index (χ2v) is 6.43. The van der Waals surface area contributed by atoms with Crippen molar-refractivity contribution in [2.75, 3.05) is 13.2 Å². The minimum Gasteiger partial charge on any atom is -0.481 e. The lowest BCUT2D eigenvalue weighted by Crippen LogP contribution is -2.54. The van der Waals surface area contributed by atoms with Gasteiger partial charge in [-0.05, 0) is 25.0 Å². The molecule has 1 amide bonds. The fraction of sp³-hybridized carbons (Fsp3) is 0.471. The first-order chi connectivity index (χ1) is 11.9. The summed E-state index contributed by atoms with van der Waals surface area (Å²) >= 11 is 0. The van der Waals surface area contributed by atoms with Gasteiger partial charge in [0.25, 0.3) is 0 Å². The summed E-state index contributed by atoms with van der Waals surface area (Å²) in [5.74, 6) is -1.34. The molecule has 1 aromatic heterocycles. The Labute approximate surface area is 144 Å². The number of carboxylic acid groups (broad SMARTS) is 1. The van der Waals surface area contributed by atoms with Crippen LogP contribution in [0.3, 0.4) is 0 Å². The Morgan fingerprint density at radius 2 is 1.88 bits per heavy atom. The number of fused-ring (bicyclic) bond motifs is 1. The second-order valence-electron chi connectivity index (χ2n) is 6.43. The molecule has 1 aliphatic heterocycles. The van der Waals surface area contributed by atoms with Crippen LogP contribution in [0.25, 0.3) is 11.0 Å². The number of hydrogen-bond acceptors (Lipinski definition) is 4. The monoisotopic (exact) mass is 347 g/mol. The van der Waals surface area contributed by atoms with Crippen molar-refractivity contribution in [2.24, 2.45) is 7.05 Å². The average molecular weight is 347 g/mol. The maximum absolute atomic E-state index is 12.6. The minimum atomic E-state index is -0.968. The van der Waals surface area contributed by atoms with Crippen molar-refractivity contribution < 1.29 is 19.4 Å². The van der Waals surface area contributed by atoms with Crippen LogP contribution in [0.2, 0.25) is 0 Å². The highest BCUT2D eigenvalue weighted by Gasteiger charge is 2.36. The van der Waals surface area contributed by atoms with E-state index in [4.69, 9.17) is 4.74 Å². The molecule has 25 heavy (non-hydrogen) atoms. The third-order valence-electron chi connectivity index (χ3n) is 4.70. The Balaban J connectivity index is 1.83. The smallest absolute Gasteiger partial charge is 0.329 e. The van der Waals surface area contributed by atoms with Gasteiger partial charge in [-0.15, -0.1) is 0 Å². The number of amides is 1. The molecular formula is C17H21N3O5. The molecule has 0 atom stereocenters. The topological polar surface area (TPSA) is 103 Å². The number of para-hydroxylation sites is 2. The summed E-state index contributed by atoms with van der Waals surface area (Å²) in [6, 6.07) is 7.23. The normalized spacial score (nSPS) is 16.7. The Hall–Kier alpha value is -2.61. The second kappa shape index (κ2) is 6.72. The number of nitrogens with zero attached hydrogens (tertiary/aromatic N) is 2. The highest BCUT2D eigenvalue weighted by molar-refractivity contribution is 5.82. The summed E-state index contributed by atoms with van der Waals surface area (Å²) < 4.78 is 8.17. The van der Waals surface area contributed by atoms with E-state index in [0.29, 0.717) is 31.6 Å². The summed E-state index contributed by atoms with van der Waals surface area (Å²) in [6.07, 6.45) is 0.720. The van der Waals surface area contributed by atoms with E-state index in [-0.39, 0.29) is 24.6 Å². The molecular weight excluding hydrogens is 326 g/mol. The van der Waals surface area contributed by atoms with Gasteiger partial charge in [-0.25, -0.2) is 4.79 Å². The van der Waals surface area contributed by atoms with Crippen molar-refractivity contribution in [2.45, 2.75) is 31.3 Å². The van der Waals surface area contributed by atoms with Gasteiger partial charge in [-0.2, -0.15) is 0 Å². The third-order valence-corrected chi connectivity index (χ3v) is 4.70. The number of nitrogens with one attached hydrogen (secondary N) is 1. The molecule has 2 heterocycles. The predicted molar refractivity (Wildman–Crippen MR) is 90.4 cm³/mol. The lowest BCUT2D eigenvalue weighted by molar-refractivity contribution is -0.140. The standard InChI is InChI=1S/C17H21N3O5/c1-19-12-4-2-3-5-13(12)20(16(19)24)11-14(21)18-17(10-15(22)23)6-8-25-9-7-17/h2-5H,6-11H2,1H3,(H,18,21)(H,22,23). The van der Waals surface area contributed by atoms with Crippen molar-refractivity contribution in [1.29, 1.82) is 0 Å². The van der Waals surface area contributed by atoms with Gasteiger partial charge < -0.3 is 15.2 Å². The summed E-state index contributed by atoms with van der Waals surface area (Å²) in [6.45, 7) is 0.659. The quantitative estimate of drug-likeness (QED) is 0.819. The molecule has 0 radical (unpaired) electrons. The minimum absolute atomic E-state index is 0.150. The molecule has 0 aliphatic carbocycles. The van der Waals surface area contributed by atoms with Crippen molar-refractivity contribution in [1.82, 2.24) is 14.5 Å². The van der Waals surface area contributed by atoms with Crippen LogP contribution in [0.4, 0.5) is 0 Å². The average Bonchev–Trinajstić information content (AvgIpc) is 2.80. The van der Waals surface area contributed by atoms with Gasteiger partial charge >= 0.3 is 11.7 Å². The van der Waals surface area contributed by atoms with E-state index in [1.165, 1.54) is 9.13 Å². The molecule has 1 aromatic carbocycles. The van der Waals surface area contributed by atoms with Gasteiger partial charge in [-0.1, -0.05) is 12.1 Å². The van der Waals surface area contributed by atoms with Gasteiger partial charge in [0.15, 0.2) is 0 Å². The number of benzene rings is 1. The van der Waals surface area contributed by atoms with Gasteiger partial charge in [0.1, 0.15) is 6.54 Å². The van der Waals surface area contributed by atoms with Gasteiger partial charge in [0.05, 0.1) is 23.0 Å². The number of ether oxygens (including phenoxy) is 1. The summed E-state index contributed by atoms with van der Waals surface area (Å²) in [5, 5.41) is 12.0. The predicted octanol–water partition coefficient (Wildman–Crippen LogP) is 0.480. The summed E-state index contributed by atoms with van der Waals surface area (Å²) in [4.78, 5) is 36.2. The number of imidazole rings is 1. The zero-order valence-corrected chi connectivity index (χ0v) is 14.0. The zero-order chi connectivity index (χ0) is 18.0. The third kappa shape index (κ3) is 3.43. The number of carboxylic acids is 1. The lowest BCUT2D eigenvalue weighted by Gasteiger charge is -2.36. The molecule has 1 fully saturated rings. The molecule has 0 unspecified atom stereocenters. The first kappa shape index (κ1) is 17.2. The molecule has 0 bridgehead atoms. The van der Waals surface area contributed by atoms with E-state index >= 15 is 0 Å². The van der Waals surface area contributed by atoms with E-state index in [1.54, 1.807) is 19.2 Å². The number of rotatable bonds is 5. The number of aromatic nitrogens is 2. The first-order valence-corrected chi connectivity index (χ1v) is 8.17. The highest BCUT2D eigenvalue weighted by atomic mass is 16.5. The molecule has 2 N–H and O–H groups in total. The summed E-state index contributed by atoms with van der Waals surface area (Å²) in [5.41, 5.74) is 0.307. The largest absolute Gasteiger partial charge is 0.481 e. The van der Waals surface area contributed by atoms with Crippen molar-refractivity contribution in [3.8, 4) is 0 Å². The molecule has 134 valence electrons. The number of aryl methyl sites for hydroxylation is 1. The molecule has 8 heteroatoms. The number of hydrogen-bond donors (Lipinski definition) is 2. The van der Waals surface area contributed by atoms with E-state index in [9.17, 15) is 19.5 Å². The first-order valence-electron chi connectivity index (χ1n) is 8.17. The summed E-state index contributed by atoms with van der Waals surface area (Å²) in [7, 11) is 1.66. The van der Waals surface area contributed by atoms with Crippen LogP contribution in [-0.4, -0.2) is 44.9 Å². The van der Waals surface area contributed by atoms with Crippen molar-refractivity contribution >= 4 is 22.9 Å².